The Hall–Kier alpha value is -5.55. The average Bonchev–Trinajstić information content (AvgIpc) is 3.57. The van der Waals surface area contributed by atoms with Gasteiger partial charge in [0.25, 0.3) is 0 Å². The van der Waals surface area contributed by atoms with Gasteiger partial charge < -0.3 is 0 Å². The molecule has 5 heteroatoms. The summed E-state index contributed by atoms with van der Waals surface area (Å²) in [5, 5.41) is 1.12. The van der Waals surface area contributed by atoms with E-state index in [4.69, 9.17) is 15.0 Å². The van der Waals surface area contributed by atoms with Crippen LogP contribution in [0.3, 0.4) is 0 Å². The zero-order chi connectivity index (χ0) is 26.5. The molecule has 5 heterocycles. The Labute approximate surface area is 230 Å². The van der Waals surface area contributed by atoms with Crippen molar-refractivity contribution in [1.29, 1.82) is 0 Å². The second-order valence-corrected chi connectivity index (χ2v) is 9.83. The molecule has 5 nitrogen and oxygen atoms in total. The minimum atomic E-state index is 0.824. The number of imidazole rings is 1. The van der Waals surface area contributed by atoms with Crippen LogP contribution in [0.25, 0.3) is 67.2 Å². The lowest BCUT2D eigenvalue weighted by Gasteiger charge is -2.11. The van der Waals surface area contributed by atoms with Gasteiger partial charge in [-0.2, -0.15) is 0 Å². The number of pyridine rings is 3. The molecular weight excluding hydrogens is 490 g/mol. The molecule has 0 unspecified atom stereocenters. The Morgan fingerprint density at radius 3 is 2.05 bits per heavy atom. The highest BCUT2D eigenvalue weighted by atomic mass is 15.1. The first-order valence-electron chi connectivity index (χ1n) is 13.3. The fourth-order valence-corrected chi connectivity index (χ4v) is 5.51. The normalized spacial score (nSPS) is 11.5. The van der Waals surface area contributed by atoms with Crippen molar-refractivity contribution in [1.82, 2.24) is 23.9 Å². The third-order valence-corrected chi connectivity index (χ3v) is 7.39. The van der Waals surface area contributed by atoms with Crippen molar-refractivity contribution in [2.45, 2.75) is 0 Å². The van der Waals surface area contributed by atoms with Crippen molar-refractivity contribution in [2.24, 2.45) is 0 Å². The number of hydrogen-bond donors (Lipinski definition) is 0. The summed E-state index contributed by atoms with van der Waals surface area (Å²) in [4.78, 5) is 14.9. The summed E-state index contributed by atoms with van der Waals surface area (Å²) in [7, 11) is 0. The highest BCUT2D eigenvalue weighted by Gasteiger charge is 2.18. The van der Waals surface area contributed by atoms with Crippen LogP contribution in [0.5, 0.6) is 0 Å². The Kier molecular flexibility index (Phi) is 5.07. The van der Waals surface area contributed by atoms with E-state index in [-0.39, 0.29) is 0 Å². The molecule has 0 atom stereocenters. The van der Waals surface area contributed by atoms with Crippen molar-refractivity contribution in [2.75, 3.05) is 0 Å². The van der Waals surface area contributed by atoms with E-state index >= 15 is 0 Å². The van der Waals surface area contributed by atoms with Gasteiger partial charge in [0.2, 0.25) is 0 Å². The monoisotopic (exact) mass is 513 g/mol. The summed E-state index contributed by atoms with van der Waals surface area (Å²) in [5.41, 5.74) is 10.9. The average molecular weight is 514 g/mol. The van der Waals surface area contributed by atoms with Crippen LogP contribution in [0.15, 0.2) is 140 Å². The van der Waals surface area contributed by atoms with Gasteiger partial charge in [0.1, 0.15) is 11.2 Å². The molecule has 0 fully saturated rings. The maximum Gasteiger partial charge on any atom is 0.150 e. The van der Waals surface area contributed by atoms with Crippen LogP contribution in [0.2, 0.25) is 0 Å². The van der Waals surface area contributed by atoms with E-state index in [0.717, 1.165) is 67.2 Å². The lowest BCUT2D eigenvalue weighted by atomic mass is 10.0. The Morgan fingerprint density at radius 2 is 1.25 bits per heavy atom. The molecule has 3 aromatic carbocycles. The van der Waals surface area contributed by atoms with Crippen LogP contribution in [0.1, 0.15) is 0 Å². The number of aromatic nitrogens is 5. The van der Waals surface area contributed by atoms with Crippen LogP contribution in [0, 0.1) is 0 Å². The topological polar surface area (TPSA) is 48.0 Å². The molecule has 40 heavy (non-hydrogen) atoms. The first-order chi connectivity index (χ1) is 19.8. The van der Waals surface area contributed by atoms with Crippen LogP contribution in [-0.2, 0) is 0 Å². The minimum Gasteiger partial charge on any atom is -0.292 e. The van der Waals surface area contributed by atoms with E-state index in [1.807, 2.05) is 48.7 Å². The van der Waals surface area contributed by atoms with Crippen LogP contribution in [0.4, 0.5) is 0 Å². The minimum absolute atomic E-state index is 0.824. The summed E-state index contributed by atoms with van der Waals surface area (Å²) >= 11 is 0. The lowest BCUT2D eigenvalue weighted by molar-refractivity contribution is 1.08. The van der Waals surface area contributed by atoms with E-state index in [9.17, 15) is 0 Å². The van der Waals surface area contributed by atoms with Gasteiger partial charge in [-0.1, -0.05) is 84.9 Å². The summed E-state index contributed by atoms with van der Waals surface area (Å²) < 4.78 is 4.38. The van der Waals surface area contributed by atoms with Crippen LogP contribution in [-0.4, -0.2) is 23.9 Å². The van der Waals surface area contributed by atoms with Crippen LogP contribution < -0.4 is 0 Å². The number of hydrogen-bond acceptors (Lipinski definition) is 3. The van der Waals surface area contributed by atoms with Gasteiger partial charge in [-0.25, -0.2) is 9.97 Å². The molecule has 0 radical (unpaired) electrons. The molecule has 0 spiro atoms. The molecule has 0 aliphatic carbocycles. The molecule has 188 valence electrons. The smallest absolute Gasteiger partial charge is 0.150 e. The van der Waals surface area contributed by atoms with Gasteiger partial charge in [-0.05, 0) is 53.6 Å². The van der Waals surface area contributed by atoms with E-state index in [1.165, 1.54) is 0 Å². The second-order valence-electron chi connectivity index (χ2n) is 9.83. The molecule has 0 aliphatic rings. The first-order valence-corrected chi connectivity index (χ1v) is 13.3. The Bertz CT molecular complexity index is 2080. The highest BCUT2D eigenvalue weighted by molar-refractivity contribution is 6.07. The summed E-state index contributed by atoms with van der Waals surface area (Å²) in [6.07, 6.45) is 3.99. The van der Waals surface area contributed by atoms with Crippen molar-refractivity contribution >= 4 is 27.7 Å². The molecule has 0 saturated heterocycles. The van der Waals surface area contributed by atoms with Gasteiger partial charge in [0.05, 0.1) is 34.5 Å². The summed E-state index contributed by atoms with van der Waals surface area (Å²) in [6, 6.07) is 43.7. The Balaban J connectivity index is 1.29. The Morgan fingerprint density at radius 1 is 0.525 bits per heavy atom. The molecule has 5 aromatic heterocycles. The number of rotatable bonds is 4. The van der Waals surface area contributed by atoms with Gasteiger partial charge in [-0.15, -0.1) is 0 Å². The van der Waals surface area contributed by atoms with Gasteiger partial charge in [-0.3, -0.25) is 14.0 Å². The van der Waals surface area contributed by atoms with Gasteiger partial charge in [0.15, 0.2) is 5.65 Å². The number of benzene rings is 3. The maximum absolute atomic E-state index is 5.04. The number of nitrogens with zero attached hydrogens (tertiary/aromatic N) is 5. The summed E-state index contributed by atoms with van der Waals surface area (Å²) in [5.74, 6) is 0. The number of fused-ring (bicyclic) bond motifs is 5. The van der Waals surface area contributed by atoms with Crippen LogP contribution >= 0.6 is 0 Å². The molecule has 8 rings (SSSR count). The predicted molar refractivity (Wildman–Crippen MR) is 161 cm³/mol. The molecule has 0 N–H and O–H groups in total. The third kappa shape index (κ3) is 3.60. The van der Waals surface area contributed by atoms with Gasteiger partial charge in [0, 0.05) is 17.1 Å². The highest BCUT2D eigenvalue weighted by Crippen LogP contribution is 2.33. The zero-order valence-corrected chi connectivity index (χ0v) is 21.5. The standard InChI is InChI=1S/C35H23N5/c1-3-11-24(12-4-1)26-21-30(25-13-5-2-6-14-25)37-31(22-26)29-19-18-27(23-36-29)40-32-16-8-7-15-28(32)34-35(40)39-20-10-9-17-33(39)38-34/h1-23H. The SMILES string of the molecule is c1ccc(-c2cc(-c3ccccc3)nc(-c3ccc(-n4c5ccccc5c5nc6ccccn6c54)cn3)c2)cc1. The van der Waals surface area contributed by atoms with Gasteiger partial charge >= 0.3 is 0 Å². The molecule has 0 saturated carbocycles. The van der Waals surface area contributed by atoms with E-state index in [2.05, 4.69) is 100 Å². The quantitative estimate of drug-likeness (QED) is 0.238. The van der Waals surface area contributed by atoms with E-state index in [1.54, 1.807) is 0 Å². The third-order valence-electron chi connectivity index (χ3n) is 7.39. The predicted octanol–water partition coefficient (Wildman–Crippen LogP) is 8.22. The molecular formula is C35H23N5. The number of para-hydroxylation sites is 1. The molecule has 0 amide bonds. The van der Waals surface area contributed by atoms with Crippen molar-refractivity contribution in [3.63, 3.8) is 0 Å². The van der Waals surface area contributed by atoms with Crippen molar-refractivity contribution < 1.29 is 0 Å². The van der Waals surface area contributed by atoms with E-state index < -0.39 is 0 Å². The molecule has 0 bridgehead atoms. The fourth-order valence-electron chi connectivity index (χ4n) is 5.51. The van der Waals surface area contributed by atoms with E-state index in [0.29, 0.717) is 0 Å². The van der Waals surface area contributed by atoms with Crippen molar-refractivity contribution in [3.05, 3.63) is 140 Å². The zero-order valence-electron chi connectivity index (χ0n) is 21.5. The largest absolute Gasteiger partial charge is 0.292 e. The fraction of sp³-hybridized carbons (Fsp3) is 0. The molecule has 8 aromatic rings. The second kappa shape index (κ2) is 9.03. The van der Waals surface area contributed by atoms with Crippen molar-refractivity contribution in [3.8, 4) is 39.5 Å². The lowest BCUT2D eigenvalue weighted by Crippen LogP contribution is -1.99. The summed E-state index contributed by atoms with van der Waals surface area (Å²) in [6.45, 7) is 0. The maximum atomic E-state index is 5.04. The molecule has 0 aliphatic heterocycles. The first kappa shape index (κ1) is 22.4.